The quantitative estimate of drug-likeness (QED) is 0.541. The van der Waals surface area contributed by atoms with Crippen molar-refractivity contribution in [1.29, 1.82) is 5.26 Å². The summed E-state index contributed by atoms with van der Waals surface area (Å²) in [6.07, 6.45) is 0.830. The summed E-state index contributed by atoms with van der Waals surface area (Å²) in [6, 6.07) is 9.40. The van der Waals surface area contributed by atoms with Crippen LogP contribution in [0.4, 0.5) is 0 Å². The fourth-order valence-electron chi connectivity index (χ4n) is 0.878. The summed E-state index contributed by atoms with van der Waals surface area (Å²) >= 11 is 3.30. The smallest absolute Gasteiger partial charge is 0.0992 e. The van der Waals surface area contributed by atoms with Crippen LogP contribution in [0.5, 0.6) is 0 Å². The lowest BCUT2D eigenvalue weighted by molar-refractivity contribution is 1.32. The molecule has 0 heterocycles. The summed E-state index contributed by atoms with van der Waals surface area (Å²) in [5, 5.41) is 9.51. The molecular weight excluding hydrogens is 226 g/mol. The Bertz CT molecular complexity index is 379. The number of nitriles is 1. The van der Waals surface area contributed by atoms with Crippen LogP contribution in [0, 0.1) is 23.2 Å². The Labute approximate surface area is 86.5 Å². The molecule has 0 N–H and O–H groups in total. The van der Waals surface area contributed by atoms with Gasteiger partial charge in [-0.1, -0.05) is 33.8 Å². The maximum absolute atomic E-state index is 8.63. The summed E-state index contributed by atoms with van der Waals surface area (Å²) < 4.78 is 0. The molecule has 0 spiro atoms. The standard InChI is InChI=1S/C11H8BrN/c12-7-2-1-4-10-5-3-6-11(8-10)9-13/h3,5-6,8H,2,7H2. The lowest BCUT2D eigenvalue weighted by Crippen LogP contribution is -1.77. The zero-order chi connectivity index (χ0) is 9.52. The fourth-order valence-corrected chi connectivity index (χ4v) is 1.08. The molecule has 0 bridgehead atoms. The molecule has 0 fully saturated rings. The number of rotatable bonds is 1. The Hall–Kier alpha value is -1.25. The third-order valence-corrected chi connectivity index (χ3v) is 1.84. The first-order chi connectivity index (χ1) is 6.36. The summed E-state index contributed by atoms with van der Waals surface area (Å²) in [6.45, 7) is 0. The lowest BCUT2D eigenvalue weighted by atomic mass is 10.1. The van der Waals surface area contributed by atoms with Crippen molar-refractivity contribution in [2.75, 3.05) is 5.33 Å². The third kappa shape index (κ3) is 3.32. The van der Waals surface area contributed by atoms with Gasteiger partial charge in [0.2, 0.25) is 0 Å². The highest BCUT2D eigenvalue weighted by atomic mass is 79.9. The Morgan fingerprint density at radius 2 is 2.08 bits per heavy atom. The molecule has 0 unspecified atom stereocenters. The number of hydrogen-bond donors (Lipinski definition) is 0. The normalized spacial score (nSPS) is 8.31. The molecule has 0 amide bonds. The van der Waals surface area contributed by atoms with E-state index in [0.29, 0.717) is 5.56 Å². The fraction of sp³-hybridized carbons (Fsp3) is 0.182. The third-order valence-electron chi connectivity index (χ3n) is 1.44. The average molecular weight is 234 g/mol. The highest BCUT2D eigenvalue weighted by Gasteiger charge is 1.89. The predicted octanol–water partition coefficient (Wildman–Crippen LogP) is 2.69. The molecule has 13 heavy (non-hydrogen) atoms. The zero-order valence-electron chi connectivity index (χ0n) is 7.05. The molecule has 1 rings (SSSR count). The van der Waals surface area contributed by atoms with Crippen molar-refractivity contribution in [2.24, 2.45) is 0 Å². The van der Waals surface area contributed by atoms with Crippen molar-refractivity contribution in [2.45, 2.75) is 6.42 Å². The SMILES string of the molecule is N#Cc1cccc(C#CCCBr)c1. The maximum Gasteiger partial charge on any atom is 0.0992 e. The van der Waals surface area contributed by atoms with Gasteiger partial charge >= 0.3 is 0 Å². The van der Waals surface area contributed by atoms with Gasteiger partial charge in [-0.2, -0.15) is 5.26 Å². The molecule has 0 aliphatic heterocycles. The van der Waals surface area contributed by atoms with Crippen LogP contribution in [0.15, 0.2) is 24.3 Å². The molecule has 64 valence electrons. The summed E-state index contributed by atoms with van der Waals surface area (Å²) in [7, 11) is 0. The van der Waals surface area contributed by atoms with E-state index in [1.165, 1.54) is 0 Å². The number of halogens is 1. The first kappa shape index (κ1) is 9.84. The molecule has 0 saturated heterocycles. The van der Waals surface area contributed by atoms with Crippen molar-refractivity contribution < 1.29 is 0 Å². The minimum absolute atomic E-state index is 0.658. The molecule has 1 nitrogen and oxygen atoms in total. The van der Waals surface area contributed by atoms with E-state index in [2.05, 4.69) is 33.8 Å². The van der Waals surface area contributed by atoms with Gasteiger partial charge in [-0.15, -0.1) is 0 Å². The molecule has 1 aromatic rings. The molecule has 0 saturated carbocycles. The van der Waals surface area contributed by atoms with Crippen LogP contribution >= 0.6 is 15.9 Å². The first-order valence-corrected chi connectivity index (χ1v) is 5.04. The van der Waals surface area contributed by atoms with Gasteiger partial charge in [0.05, 0.1) is 11.6 Å². The van der Waals surface area contributed by atoms with Crippen LogP contribution in [0.1, 0.15) is 17.5 Å². The van der Waals surface area contributed by atoms with Crippen LogP contribution in [0.25, 0.3) is 0 Å². The molecule has 2 heteroatoms. The van der Waals surface area contributed by atoms with Gasteiger partial charge in [-0.05, 0) is 18.2 Å². The Balaban J connectivity index is 2.81. The maximum atomic E-state index is 8.63. The van der Waals surface area contributed by atoms with Gasteiger partial charge < -0.3 is 0 Å². The van der Waals surface area contributed by atoms with Crippen LogP contribution in [0.2, 0.25) is 0 Å². The van der Waals surface area contributed by atoms with E-state index in [-0.39, 0.29) is 0 Å². The molecule has 0 aliphatic carbocycles. The van der Waals surface area contributed by atoms with Gasteiger partial charge in [-0.3, -0.25) is 0 Å². The molecule has 0 radical (unpaired) electrons. The van der Waals surface area contributed by atoms with E-state index in [9.17, 15) is 0 Å². The minimum atomic E-state index is 0.658. The highest BCUT2D eigenvalue weighted by molar-refractivity contribution is 9.09. The molecule has 0 aromatic heterocycles. The number of nitrogens with zero attached hydrogens (tertiary/aromatic N) is 1. The second-order valence-corrected chi connectivity index (χ2v) is 3.23. The molecule has 0 atom stereocenters. The second-order valence-electron chi connectivity index (χ2n) is 2.43. The van der Waals surface area contributed by atoms with E-state index in [0.717, 1.165) is 17.3 Å². The van der Waals surface area contributed by atoms with Crippen LogP contribution < -0.4 is 0 Å². The van der Waals surface area contributed by atoms with E-state index in [1.807, 2.05) is 12.1 Å². The van der Waals surface area contributed by atoms with E-state index >= 15 is 0 Å². The van der Waals surface area contributed by atoms with E-state index in [1.54, 1.807) is 12.1 Å². The van der Waals surface area contributed by atoms with Crippen molar-refractivity contribution in [1.82, 2.24) is 0 Å². The second kappa shape index (κ2) is 5.41. The van der Waals surface area contributed by atoms with Crippen LogP contribution in [0.3, 0.4) is 0 Å². The van der Waals surface area contributed by atoms with E-state index in [4.69, 9.17) is 5.26 Å². The van der Waals surface area contributed by atoms with Crippen molar-refractivity contribution in [3.8, 4) is 17.9 Å². The Kier molecular flexibility index (Phi) is 4.09. The van der Waals surface area contributed by atoms with Gasteiger partial charge in [0, 0.05) is 17.3 Å². The number of hydrogen-bond acceptors (Lipinski definition) is 1. The first-order valence-electron chi connectivity index (χ1n) is 3.92. The van der Waals surface area contributed by atoms with Gasteiger partial charge in [0.15, 0.2) is 0 Å². The van der Waals surface area contributed by atoms with Crippen LogP contribution in [-0.2, 0) is 0 Å². The van der Waals surface area contributed by atoms with Crippen LogP contribution in [-0.4, -0.2) is 5.33 Å². The van der Waals surface area contributed by atoms with E-state index < -0.39 is 0 Å². The van der Waals surface area contributed by atoms with Crippen molar-refractivity contribution in [3.63, 3.8) is 0 Å². The highest BCUT2D eigenvalue weighted by Crippen LogP contribution is 2.02. The number of benzene rings is 1. The zero-order valence-corrected chi connectivity index (χ0v) is 8.63. The van der Waals surface area contributed by atoms with Gasteiger partial charge in [-0.25, -0.2) is 0 Å². The molecule has 1 aromatic carbocycles. The van der Waals surface area contributed by atoms with Gasteiger partial charge in [0.1, 0.15) is 0 Å². The van der Waals surface area contributed by atoms with Gasteiger partial charge in [0.25, 0.3) is 0 Å². The number of alkyl halides is 1. The lowest BCUT2D eigenvalue weighted by Gasteiger charge is -1.89. The summed E-state index contributed by atoms with van der Waals surface area (Å²) in [5.74, 6) is 5.99. The topological polar surface area (TPSA) is 23.8 Å². The summed E-state index contributed by atoms with van der Waals surface area (Å²) in [4.78, 5) is 0. The molecular formula is C11H8BrN. The summed E-state index contributed by atoms with van der Waals surface area (Å²) in [5.41, 5.74) is 1.56. The van der Waals surface area contributed by atoms with Crippen molar-refractivity contribution in [3.05, 3.63) is 35.4 Å². The molecule has 0 aliphatic rings. The largest absolute Gasteiger partial charge is 0.192 e. The monoisotopic (exact) mass is 233 g/mol. The Morgan fingerprint density at radius 3 is 2.77 bits per heavy atom. The minimum Gasteiger partial charge on any atom is -0.192 e. The predicted molar refractivity (Wildman–Crippen MR) is 56.4 cm³/mol. The Morgan fingerprint density at radius 1 is 1.31 bits per heavy atom. The van der Waals surface area contributed by atoms with Crippen molar-refractivity contribution >= 4 is 15.9 Å². The average Bonchev–Trinajstić information content (AvgIpc) is 2.19.